The summed E-state index contributed by atoms with van der Waals surface area (Å²) in [6.07, 6.45) is 2.98. The second-order valence-electron chi connectivity index (χ2n) is 6.53. The number of hydrogen-bond acceptors (Lipinski definition) is 4. The van der Waals surface area contributed by atoms with Crippen LogP contribution >= 0.6 is 36.2 Å². The van der Waals surface area contributed by atoms with Gasteiger partial charge in [0.15, 0.2) is 0 Å². The molecule has 1 saturated heterocycles. The van der Waals surface area contributed by atoms with Gasteiger partial charge in [0.25, 0.3) is 5.91 Å². The van der Waals surface area contributed by atoms with Crippen LogP contribution in [0.2, 0.25) is 0 Å². The van der Waals surface area contributed by atoms with Gasteiger partial charge >= 0.3 is 0 Å². The third kappa shape index (κ3) is 6.26. The lowest BCUT2D eigenvalue weighted by Crippen LogP contribution is -2.42. The minimum Gasteiger partial charge on any atom is -0.350 e. The first-order valence-electron chi connectivity index (χ1n) is 8.12. The molecule has 2 N–H and O–H groups in total. The number of benzene rings is 1. The highest BCUT2D eigenvalue weighted by Crippen LogP contribution is 2.26. The van der Waals surface area contributed by atoms with E-state index >= 15 is 0 Å². The van der Waals surface area contributed by atoms with E-state index in [2.05, 4.69) is 34.7 Å². The predicted octanol–water partition coefficient (Wildman–Crippen LogP) is 3.70. The van der Waals surface area contributed by atoms with E-state index < -0.39 is 0 Å². The molecule has 1 aliphatic rings. The lowest BCUT2D eigenvalue weighted by molar-refractivity contribution is 0.0918. The Hall–Kier alpha value is -1.14. The van der Waals surface area contributed by atoms with Gasteiger partial charge in [0.2, 0.25) is 0 Å². The fourth-order valence-corrected chi connectivity index (χ4v) is 3.67. The molecule has 3 rings (SSSR count). The quantitative estimate of drug-likeness (QED) is 0.802. The number of nitrogens with zero attached hydrogens (tertiary/aromatic N) is 1. The lowest BCUT2D eigenvalue weighted by Gasteiger charge is -2.34. The van der Waals surface area contributed by atoms with Crippen LogP contribution < -0.4 is 10.6 Å². The summed E-state index contributed by atoms with van der Waals surface area (Å²) in [6.45, 7) is 5.03. The average molecular weight is 402 g/mol. The number of thiazole rings is 1. The Morgan fingerprint density at radius 3 is 2.60 bits per heavy atom. The molecule has 0 spiro atoms. The summed E-state index contributed by atoms with van der Waals surface area (Å²) < 4.78 is 0. The zero-order valence-electron chi connectivity index (χ0n) is 14.3. The van der Waals surface area contributed by atoms with Gasteiger partial charge in [0.05, 0.1) is 5.01 Å². The first-order valence-corrected chi connectivity index (χ1v) is 9.00. The summed E-state index contributed by atoms with van der Waals surface area (Å²) >= 11 is 1.55. The molecule has 7 heteroatoms. The van der Waals surface area contributed by atoms with E-state index in [1.54, 1.807) is 11.3 Å². The molecule has 1 aromatic carbocycles. The maximum atomic E-state index is 12.3. The van der Waals surface area contributed by atoms with Gasteiger partial charge in [-0.05, 0) is 36.9 Å². The molecule has 0 saturated carbocycles. The number of carbonyl (C=O) groups is 1. The molecule has 4 nitrogen and oxygen atoms in total. The van der Waals surface area contributed by atoms with Crippen LogP contribution in [0.25, 0.3) is 0 Å². The number of halogens is 2. The van der Waals surface area contributed by atoms with Crippen LogP contribution in [0.3, 0.4) is 0 Å². The Kier molecular flexibility index (Phi) is 8.86. The number of hydrogen-bond donors (Lipinski definition) is 2. The molecule has 1 aromatic heterocycles. The molecule has 25 heavy (non-hydrogen) atoms. The normalized spacial score (nSPS) is 15.6. The number of carbonyl (C=O) groups excluding carboxylic acids is 1. The SMILES string of the molecule is CC1(CNC(=O)c2csc(Cc3ccccc3)n2)CCNCC1.Cl.Cl. The van der Waals surface area contributed by atoms with Crippen molar-refractivity contribution in [1.29, 1.82) is 0 Å². The summed E-state index contributed by atoms with van der Waals surface area (Å²) in [5, 5.41) is 9.27. The molecular formula is C18H25Cl2N3OS. The van der Waals surface area contributed by atoms with Crippen molar-refractivity contribution in [3.63, 3.8) is 0 Å². The number of piperidine rings is 1. The fraction of sp³-hybridized carbons (Fsp3) is 0.444. The van der Waals surface area contributed by atoms with Gasteiger partial charge in [-0.1, -0.05) is 37.3 Å². The van der Waals surface area contributed by atoms with Crippen molar-refractivity contribution in [2.24, 2.45) is 5.41 Å². The predicted molar refractivity (Wildman–Crippen MR) is 108 cm³/mol. The Morgan fingerprint density at radius 2 is 1.92 bits per heavy atom. The summed E-state index contributed by atoms with van der Waals surface area (Å²) in [7, 11) is 0. The van der Waals surface area contributed by atoms with Gasteiger partial charge in [-0.2, -0.15) is 0 Å². The van der Waals surface area contributed by atoms with E-state index in [4.69, 9.17) is 0 Å². The van der Waals surface area contributed by atoms with Crippen LogP contribution in [-0.4, -0.2) is 30.5 Å². The molecule has 0 aliphatic carbocycles. The maximum absolute atomic E-state index is 12.3. The molecule has 2 heterocycles. The third-order valence-corrected chi connectivity index (χ3v) is 5.32. The van der Waals surface area contributed by atoms with Crippen molar-refractivity contribution in [2.75, 3.05) is 19.6 Å². The summed E-state index contributed by atoms with van der Waals surface area (Å²) in [4.78, 5) is 16.8. The Balaban J connectivity index is 0.00000156. The van der Waals surface area contributed by atoms with Crippen molar-refractivity contribution < 1.29 is 4.79 Å². The second kappa shape index (κ2) is 10.1. The zero-order valence-corrected chi connectivity index (χ0v) is 16.7. The van der Waals surface area contributed by atoms with E-state index in [9.17, 15) is 4.79 Å². The van der Waals surface area contributed by atoms with Crippen molar-refractivity contribution in [1.82, 2.24) is 15.6 Å². The molecule has 1 aliphatic heterocycles. The number of nitrogens with one attached hydrogen (secondary N) is 2. The standard InChI is InChI=1S/C18H23N3OS.2ClH/c1-18(7-9-19-10-8-18)13-20-17(22)15-12-23-16(21-15)11-14-5-3-2-4-6-14;;/h2-6,12,19H,7-11,13H2,1H3,(H,20,22);2*1H. The van der Waals surface area contributed by atoms with Crippen molar-refractivity contribution >= 4 is 42.1 Å². The Bertz CT molecular complexity index is 657. The maximum Gasteiger partial charge on any atom is 0.270 e. The van der Waals surface area contributed by atoms with Crippen LogP contribution in [0, 0.1) is 5.41 Å². The van der Waals surface area contributed by atoms with Crippen LogP contribution in [0.4, 0.5) is 0 Å². The number of aromatic nitrogens is 1. The second-order valence-corrected chi connectivity index (χ2v) is 7.47. The van der Waals surface area contributed by atoms with Crippen LogP contribution in [0.5, 0.6) is 0 Å². The summed E-state index contributed by atoms with van der Waals surface area (Å²) in [5.74, 6) is -0.0553. The van der Waals surface area contributed by atoms with Gasteiger partial charge in [-0.15, -0.1) is 36.2 Å². The molecule has 0 atom stereocenters. The minimum absolute atomic E-state index is 0. The fourth-order valence-electron chi connectivity index (χ4n) is 2.86. The average Bonchev–Trinajstić information content (AvgIpc) is 3.03. The lowest BCUT2D eigenvalue weighted by atomic mass is 9.81. The largest absolute Gasteiger partial charge is 0.350 e. The van der Waals surface area contributed by atoms with E-state index in [-0.39, 0.29) is 36.1 Å². The molecule has 2 aromatic rings. The third-order valence-electron chi connectivity index (χ3n) is 4.47. The summed E-state index contributed by atoms with van der Waals surface area (Å²) in [5.41, 5.74) is 1.96. The first kappa shape index (κ1) is 21.9. The topological polar surface area (TPSA) is 54.0 Å². The first-order chi connectivity index (χ1) is 11.1. The molecule has 138 valence electrons. The molecule has 0 radical (unpaired) electrons. The number of rotatable bonds is 5. The molecule has 1 fully saturated rings. The molecule has 1 amide bonds. The van der Waals surface area contributed by atoms with Crippen LogP contribution in [0.1, 0.15) is 40.8 Å². The van der Waals surface area contributed by atoms with Crippen molar-refractivity contribution in [3.8, 4) is 0 Å². The van der Waals surface area contributed by atoms with Gasteiger partial charge in [0, 0.05) is 18.3 Å². The van der Waals surface area contributed by atoms with Gasteiger partial charge in [-0.25, -0.2) is 4.98 Å². The van der Waals surface area contributed by atoms with Crippen molar-refractivity contribution in [3.05, 3.63) is 52.0 Å². The molecular weight excluding hydrogens is 377 g/mol. The van der Waals surface area contributed by atoms with Gasteiger partial charge in [-0.3, -0.25) is 4.79 Å². The highest BCUT2D eigenvalue weighted by molar-refractivity contribution is 7.09. The van der Waals surface area contributed by atoms with E-state index in [1.807, 2.05) is 23.6 Å². The van der Waals surface area contributed by atoms with E-state index in [0.29, 0.717) is 5.69 Å². The Labute approximate surface area is 165 Å². The highest BCUT2D eigenvalue weighted by Gasteiger charge is 2.27. The highest BCUT2D eigenvalue weighted by atomic mass is 35.5. The monoisotopic (exact) mass is 401 g/mol. The summed E-state index contributed by atoms with van der Waals surface area (Å²) in [6, 6.07) is 10.2. The molecule has 0 bridgehead atoms. The van der Waals surface area contributed by atoms with E-state index in [0.717, 1.165) is 43.9 Å². The van der Waals surface area contributed by atoms with Crippen LogP contribution in [0.15, 0.2) is 35.7 Å². The van der Waals surface area contributed by atoms with Crippen LogP contribution in [-0.2, 0) is 6.42 Å². The molecule has 0 unspecified atom stereocenters. The Morgan fingerprint density at radius 1 is 1.24 bits per heavy atom. The minimum atomic E-state index is -0.0553. The van der Waals surface area contributed by atoms with E-state index in [1.165, 1.54) is 5.56 Å². The smallest absolute Gasteiger partial charge is 0.270 e. The zero-order chi connectivity index (χ0) is 16.1. The number of amides is 1. The van der Waals surface area contributed by atoms with Gasteiger partial charge in [0.1, 0.15) is 5.69 Å². The van der Waals surface area contributed by atoms with Crippen molar-refractivity contribution in [2.45, 2.75) is 26.2 Å². The van der Waals surface area contributed by atoms with Gasteiger partial charge < -0.3 is 10.6 Å².